The molecule has 33 heavy (non-hydrogen) atoms. The van der Waals surface area contributed by atoms with Crippen LogP contribution in [0.1, 0.15) is 43.7 Å². The molecule has 2 amide bonds. The Morgan fingerprint density at radius 1 is 1.18 bits per heavy atom. The fourth-order valence-corrected chi connectivity index (χ4v) is 4.54. The number of anilines is 1. The molecular weight excluding hydrogens is 455 g/mol. The molecule has 0 saturated heterocycles. The first-order valence-electron chi connectivity index (χ1n) is 10.7. The van der Waals surface area contributed by atoms with Crippen molar-refractivity contribution in [2.45, 2.75) is 44.4 Å². The first kappa shape index (κ1) is 23.3. The molecule has 0 unspecified atom stereocenters. The molecule has 1 aliphatic heterocycles. The van der Waals surface area contributed by atoms with Gasteiger partial charge >= 0.3 is 6.18 Å². The molecule has 4 rings (SSSR count). The van der Waals surface area contributed by atoms with Gasteiger partial charge in [0.05, 0.1) is 16.3 Å². The van der Waals surface area contributed by atoms with Gasteiger partial charge in [-0.1, -0.05) is 48.9 Å². The van der Waals surface area contributed by atoms with Crippen LogP contribution in [0, 0.1) is 5.92 Å². The van der Waals surface area contributed by atoms with Gasteiger partial charge in [0.2, 0.25) is 5.91 Å². The first-order valence-corrected chi connectivity index (χ1v) is 11.1. The molecule has 1 heterocycles. The van der Waals surface area contributed by atoms with E-state index >= 15 is 0 Å². The van der Waals surface area contributed by atoms with Crippen LogP contribution in [0.3, 0.4) is 0 Å². The van der Waals surface area contributed by atoms with E-state index in [-0.39, 0.29) is 23.2 Å². The van der Waals surface area contributed by atoms with E-state index in [1.165, 1.54) is 4.90 Å². The van der Waals surface area contributed by atoms with Crippen LogP contribution < -0.4 is 5.32 Å². The van der Waals surface area contributed by atoms with Gasteiger partial charge in [0.1, 0.15) is 17.9 Å². The molecule has 1 N–H and O–H groups in total. The highest BCUT2D eigenvalue weighted by Gasteiger charge is 2.49. The average Bonchev–Trinajstić information content (AvgIpc) is 3.03. The standard InChI is InChI=1S/C24H23ClF3N3O2/c1-15-9-11-23(12-10-15)30-21(16-5-3-2-4-6-16)22(33)31(23)14-20(32)29-19-13-17(24(26,27)28)7-8-18(19)25/h2-8,13,15H,9-12,14H2,1H3,(H,29,32). The number of benzene rings is 2. The van der Waals surface area contributed by atoms with Crippen LogP contribution >= 0.6 is 11.6 Å². The quantitative estimate of drug-likeness (QED) is 0.629. The fourth-order valence-electron chi connectivity index (χ4n) is 4.37. The Morgan fingerprint density at radius 2 is 1.85 bits per heavy atom. The smallest absolute Gasteiger partial charge is 0.323 e. The number of nitrogens with one attached hydrogen (secondary N) is 1. The van der Waals surface area contributed by atoms with Gasteiger partial charge in [0.15, 0.2) is 0 Å². The molecule has 0 aromatic heterocycles. The Hall–Kier alpha value is -2.87. The van der Waals surface area contributed by atoms with Crippen LogP contribution in [-0.2, 0) is 15.8 Å². The first-order chi connectivity index (χ1) is 15.6. The van der Waals surface area contributed by atoms with Crippen LogP contribution in [0.15, 0.2) is 53.5 Å². The number of halogens is 4. The van der Waals surface area contributed by atoms with Gasteiger partial charge in [-0.25, -0.2) is 0 Å². The molecule has 0 radical (unpaired) electrons. The van der Waals surface area contributed by atoms with E-state index in [0.29, 0.717) is 30.0 Å². The van der Waals surface area contributed by atoms with Gasteiger partial charge in [-0.15, -0.1) is 0 Å². The second-order valence-corrected chi connectivity index (χ2v) is 9.03. The summed E-state index contributed by atoms with van der Waals surface area (Å²) in [4.78, 5) is 32.5. The third-order valence-electron chi connectivity index (χ3n) is 6.26. The predicted octanol–water partition coefficient (Wildman–Crippen LogP) is 5.54. The Kier molecular flexibility index (Phi) is 6.22. The number of rotatable bonds is 4. The second-order valence-electron chi connectivity index (χ2n) is 8.62. The number of hydrogen-bond donors (Lipinski definition) is 1. The van der Waals surface area contributed by atoms with E-state index in [0.717, 1.165) is 31.0 Å². The zero-order chi connectivity index (χ0) is 23.8. The summed E-state index contributed by atoms with van der Waals surface area (Å²) in [6.45, 7) is 1.80. The second kappa shape index (κ2) is 8.82. The zero-order valence-corrected chi connectivity index (χ0v) is 18.7. The fraction of sp³-hybridized carbons (Fsp3) is 0.375. The summed E-state index contributed by atoms with van der Waals surface area (Å²) in [5, 5.41) is 2.42. The Bertz CT molecular complexity index is 1090. The van der Waals surface area contributed by atoms with Crippen LogP contribution in [0.4, 0.5) is 18.9 Å². The summed E-state index contributed by atoms with van der Waals surface area (Å²) < 4.78 is 39.2. The summed E-state index contributed by atoms with van der Waals surface area (Å²) in [5.74, 6) is -0.505. The maximum absolute atomic E-state index is 13.3. The average molecular weight is 478 g/mol. The van der Waals surface area contributed by atoms with Crippen LogP contribution in [0.25, 0.3) is 0 Å². The molecule has 1 spiro atoms. The highest BCUT2D eigenvalue weighted by molar-refractivity contribution is 6.47. The SMILES string of the molecule is CC1CCC2(CC1)N=C(c1ccccc1)C(=O)N2CC(=O)Nc1cc(C(F)(F)F)ccc1Cl. The lowest BCUT2D eigenvalue weighted by molar-refractivity contribution is -0.137. The predicted molar refractivity (Wildman–Crippen MR) is 120 cm³/mol. The Morgan fingerprint density at radius 3 is 2.48 bits per heavy atom. The number of nitrogens with zero attached hydrogens (tertiary/aromatic N) is 2. The number of alkyl halides is 3. The normalized spacial score (nSPS) is 23.1. The number of amides is 2. The maximum atomic E-state index is 13.3. The molecule has 0 bridgehead atoms. The van der Waals surface area contributed by atoms with Gasteiger partial charge in [-0.2, -0.15) is 13.2 Å². The summed E-state index contributed by atoms with van der Waals surface area (Å²) in [6.07, 6.45) is -1.62. The molecule has 0 atom stereocenters. The largest absolute Gasteiger partial charge is 0.416 e. The van der Waals surface area contributed by atoms with Gasteiger partial charge in [-0.05, 0) is 49.8 Å². The molecule has 2 aromatic rings. The summed E-state index contributed by atoms with van der Waals surface area (Å²) in [5.41, 5.74) is -0.936. The van der Waals surface area contributed by atoms with Gasteiger partial charge in [0.25, 0.3) is 5.91 Å². The van der Waals surface area contributed by atoms with Crippen molar-refractivity contribution >= 4 is 34.8 Å². The molecular formula is C24H23ClF3N3O2. The molecule has 2 aliphatic rings. The Labute approximate surface area is 194 Å². The van der Waals surface area contributed by atoms with Gasteiger partial charge in [-0.3, -0.25) is 14.6 Å². The highest BCUT2D eigenvalue weighted by Crippen LogP contribution is 2.41. The third-order valence-corrected chi connectivity index (χ3v) is 6.59. The molecule has 2 aromatic carbocycles. The molecule has 1 saturated carbocycles. The molecule has 1 fully saturated rings. The summed E-state index contributed by atoms with van der Waals surface area (Å²) in [7, 11) is 0. The van der Waals surface area contributed by atoms with E-state index in [4.69, 9.17) is 16.6 Å². The van der Waals surface area contributed by atoms with Crippen molar-refractivity contribution in [2.75, 3.05) is 11.9 Å². The van der Waals surface area contributed by atoms with E-state index in [2.05, 4.69) is 12.2 Å². The lowest BCUT2D eigenvalue weighted by atomic mass is 9.82. The Balaban J connectivity index is 1.59. The van der Waals surface area contributed by atoms with Crippen LogP contribution in [0.2, 0.25) is 5.02 Å². The van der Waals surface area contributed by atoms with Crippen LogP contribution in [-0.4, -0.2) is 34.6 Å². The molecule has 174 valence electrons. The zero-order valence-electron chi connectivity index (χ0n) is 18.0. The van der Waals surface area contributed by atoms with Crippen LogP contribution in [0.5, 0.6) is 0 Å². The monoisotopic (exact) mass is 477 g/mol. The summed E-state index contributed by atoms with van der Waals surface area (Å²) in [6, 6.07) is 11.8. The lowest BCUT2D eigenvalue weighted by Gasteiger charge is -2.40. The molecule has 9 heteroatoms. The summed E-state index contributed by atoms with van der Waals surface area (Å²) >= 11 is 6.01. The third kappa shape index (κ3) is 4.76. The minimum absolute atomic E-state index is 0.0217. The number of carbonyl (C=O) groups is 2. The minimum atomic E-state index is -4.57. The number of carbonyl (C=O) groups excluding carboxylic acids is 2. The van der Waals surface area contributed by atoms with E-state index in [9.17, 15) is 22.8 Å². The van der Waals surface area contributed by atoms with E-state index < -0.39 is 23.3 Å². The molecule has 5 nitrogen and oxygen atoms in total. The topological polar surface area (TPSA) is 61.8 Å². The maximum Gasteiger partial charge on any atom is 0.416 e. The van der Waals surface area contributed by atoms with Crippen molar-refractivity contribution in [3.63, 3.8) is 0 Å². The highest BCUT2D eigenvalue weighted by atomic mass is 35.5. The van der Waals surface area contributed by atoms with Crippen molar-refractivity contribution < 1.29 is 22.8 Å². The molecule has 1 aliphatic carbocycles. The van der Waals surface area contributed by atoms with Crippen molar-refractivity contribution in [2.24, 2.45) is 10.9 Å². The van der Waals surface area contributed by atoms with Crippen molar-refractivity contribution in [1.82, 2.24) is 4.90 Å². The van der Waals surface area contributed by atoms with Gasteiger partial charge < -0.3 is 10.2 Å². The number of aliphatic imine (C=N–C) groups is 1. The van der Waals surface area contributed by atoms with E-state index in [1.807, 2.05) is 18.2 Å². The van der Waals surface area contributed by atoms with Gasteiger partial charge in [0, 0.05) is 5.56 Å². The minimum Gasteiger partial charge on any atom is -0.323 e. The van der Waals surface area contributed by atoms with Crippen molar-refractivity contribution in [3.05, 3.63) is 64.7 Å². The van der Waals surface area contributed by atoms with Crippen molar-refractivity contribution in [1.29, 1.82) is 0 Å². The lowest BCUT2D eigenvalue weighted by Crippen LogP contribution is -2.51. The van der Waals surface area contributed by atoms with Crippen molar-refractivity contribution in [3.8, 4) is 0 Å². The number of hydrogen-bond acceptors (Lipinski definition) is 3. The van der Waals surface area contributed by atoms with E-state index in [1.54, 1.807) is 12.1 Å².